The molecule has 138 valence electrons. The van der Waals surface area contributed by atoms with Gasteiger partial charge in [-0.3, -0.25) is 14.5 Å². The molecular formula is C21H26N2O2S. The van der Waals surface area contributed by atoms with Crippen molar-refractivity contribution in [3.63, 3.8) is 0 Å². The molecular weight excluding hydrogens is 344 g/mol. The number of hydrogen-bond donors (Lipinski definition) is 0. The van der Waals surface area contributed by atoms with Crippen molar-refractivity contribution < 1.29 is 9.59 Å². The molecule has 1 saturated heterocycles. The molecule has 5 heteroatoms. The summed E-state index contributed by atoms with van der Waals surface area (Å²) in [5, 5.41) is 2.00. The predicted octanol–water partition coefficient (Wildman–Crippen LogP) is 3.44. The lowest BCUT2D eigenvalue weighted by Crippen LogP contribution is -2.50. The van der Waals surface area contributed by atoms with E-state index in [1.807, 2.05) is 46.7 Å². The first-order chi connectivity index (χ1) is 12.5. The molecule has 0 bridgehead atoms. The zero-order chi connectivity index (χ0) is 18.5. The van der Waals surface area contributed by atoms with Crippen molar-refractivity contribution in [3.8, 4) is 0 Å². The lowest BCUT2D eigenvalue weighted by atomic mass is 10.0. The molecule has 4 nitrogen and oxygen atoms in total. The summed E-state index contributed by atoms with van der Waals surface area (Å²) in [6.07, 6.45) is 0.485. The Bertz CT molecular complexity index is 730. The smallest absolute Gasteiger partial charge is 0.227 e. The highest BCUT2D eigenvalue weighted by Gasteiger charge is 2.23. The SMILES string of the molecule is CC(C)c1ccc(C(=O)CN2CCN(C(=O)Cc3cccs3)CC2)cc1. The first-order valence-corrected chi connectivity index (χ1v) is 10.1. The number of ketones is 1. The van der Waals surface area contributed by atoms with E-state index < -0.39 is 0 Å². The summed E-state index contributed by atoms with van der Waals surface area (Å²) in [5.74, 6) is 0.806. The molecule has 0 atom stereocenters. The number of benzene rings is 1. The van der Waals surface area contributed by atoms with Crippen LogP contribution in [0, 0.1) is 0 Å². The van der Waals surface area contributed by atoms with Crippen LogP contribution in [0.1, 0.15) is 40.6 Å². The summed E-state index contributed by atoms with van der Waals surface area (Å²) in [7, 11) is 0. The normalized spacial score (nSPS) is 15.4. The second-order valence-electron chi connectivity index (χ2n) is 7.11. The number of amides is 1. The maximum absolute atomic E-state index is 12.5. The third kappa shape index (κ3) is 4.80. The molecule has 1 fully saturated rings. The van der Waals surface area contributed by atoms with E-state index in [4.69, 9.17) is 0 Å². The van der Waals surface area contributed by atoms with Crippen LogP contribution in [0.5, 0.6) is 0 Å². The monoisotopic (exact) mass is 370 g/mol. The van der Waals surface area contributed by atoms with E-state index in [0.29, 0.717) is 32.0 Å². The fourth-order valence-corrected chi connectivity index (χ4v) is 3.87. The van der Waals surface area contributed by atoms with Crippen LogP contribution < -0.4 is 0 Å². The van der Waals surface area contributed by atoms with Gasteiger partial charge in [-0.2, -0.15) is 0 Å². The maximum atomic E-state index is 12.5. The van der Waals surface area contributed by atoms with Crippen LogP contribution in [0.2, 0.25) is 0 Å². The van der Waals surface area contributed by atoms with Gasteiger partial charge in [0.1, 0.15) is 0 Å². The first-order valence-electron chi connectivity index (χ1n) is 9.18. The number of carbonyl (C=O) groups excluding carboxylic acids is 2. The topological polar surface area (TPSA) is 40.6 Å². The quantitative estimate of drug-likeness (QED) is 0.732. The number of piperazine rings is 1. The lowest BCUT2D eigenvalue weighted by Gasteiger charge is -2.34. The third-order valence-electron chi connectivity index (χ3n) is 4.90. The fourth-order valence-electron chi connectivity index (χ4n) is 3.18. The summed E-state index contributed by atoms with van der Waals surface area (Å²) in [4.78, 5) is 30.0. The molecule has 1 aromatic heterocycles. The zero-order valence-corrected chi connectivity index (χ0v) is 16.3. The van der Waals surface area contributed by atoms with E-state index in [1.165, 1.54) is 5.56 Å². The fraction of sp³-hybridized carbons (Fsp3) is 0.429. The molecule has 2 heterocycles. The van der Waals surface area contributed by atoms with Crippen molar-refractivity contribution in [2.75, 3.05) is 32.7 Å². The summed E-state index contributed by atoms with van der Waals surface area (Å²) in [6, 6.07) is 11.9. The van der Waals surface area contributed by atoms with E-state index in [1.54, 1.807) is 11.3 Å². The molecule has 3 rings (SSSR count). The second kappa shape index (κ2) is 8.60. The average Bonchev–Trinajstić information content (AvgIpc) is 3.15. The molecule has 0 saturated carbocycles. The Balaban J connectivity index is 1.47. The number of carbonyl (C=O) groups is 2. The maximum Gasteiger partial charge on any atom is 0.227 e. The van der Waals surface area contributed by atoms with Gasteiger partial charge in [0, 0.05) is 36.6 Å². The number of thiophene rings is 1. The number of rotatable bonds is 6. The average molecular weight is 371 g/mol. The summed E-state index contributed by atoms with van der Waals surface area (Å²) in [6.45, 7) is 7.63. The Morgan fingerprint density at radius 3 is 2.31 bits per heavy atom. The van der Waals surface area contributed by atoms with Crippen LogP contribution in [0.4, 0.5) is 0 Å². The Kier molecular flexibility index (Phi) is 6.22. The standard InChI is InChI=1S/C21H26N2O2S/c1-16(2)17-5-7-18(8-6-17)20(24)15-22-9-11-23(12-10-22)21(25)14-19-4-3-13-26-19/h3-8,13,16H,9-12,14-15H2,1-2H3. The molecule has 0 unspecified atom stereocenters. The van der Waals surface area contributed by atoms with Crippen molar-refractivity contribution in [3.05, 3.63) is 57.8 Å². The van der Waals surface area contributed by atoms with Gasteiger partial charge in [-0.25, -0.2) is 0 Å². The molecule has 0 N–H and O–H groups in total. The molecule has 26 heavy (non-hydrogen) atoms. The van der Waals surface area contributed by atoms with Crippen molar-refractivity contribution in [2.45, 2.75) is 26.2 Å². The van der Waals surface area contributed by atoms with Gasteiger partial charge < -0.3 is 4.90 Å². The van der Waals surface area contributed by atoms with Crippen LogP contribution in [0.3, 0.4) is 0 Å². The first kappa shape index (κ1) is 18.8. The van der Waals surface area contributed by atoms with Gasteiger partial charge in [-0.15, -0.1) is 11.3 Å². The molecule has 0 spiro atoms. The van der Waals surface area contributed by atoms with Gasteiger partial charge in [0.2, 0.25) is 5.91 Å². The van der Waals surface area contributed by atoms with Crippen molar-refractivity contribution in [1.82, 2.24) is 9.80 Å². The van der Waals surface area contributed by atoms with E-state index in [0.717, 1.165) is 23.5 Å². The van der Waals surface area contributed by atoms with Crippen LogP contribution >= 0.6 is 11.3 Å². The van der Waals surface area contributed by atoms with Crippen LogP contribution in [0.25, 0.3) is 0 Å². The van der Waals surface area contributed by atoms with Gasteiger partial charge in [0.25, 0.3) is 0 Å². The van der Waals surface area contributed by atoms with Crippen LogP contribution in [0.15, 0.2) is 41.8 Å². The van der Waals surface area contributed by atoms with Gasteiger partial charge in [-0.1, -0.05) is 44.2 Å². The number of nitrogens with zero attached hydrogens (tertiary/aromatic N) is 2. The van der Waals surface area contributed by atoms with E-state index in [2.05, 4.69) is 18.7 Å². The van der Waals surface area contributed by atoms with Crippen molar-refractivity contribution in [2.24, 2.45) is 0 Å². The van der Waals surface area contributed by atoms with E-state index >= 15 is 0 Å². The summed E-state index contributed by atoms with van der Waals surface area (Å²) >= 11 is 1.62. The van der Waals surface area contributed by atoms with Crippen molar-refractivity contribution >= 4 is 23.0 Å². The van der Waals surface area contributed by atoms with Gasteiger partial charge >= 0.3 is 0 Å². The minimum absolute atomic E-state index is 0.152. The highest BCUT2D eigenvalue weighted by molar-refractivity contribution is 7.10. The molecule has 1 aromatic carbocycles. The molecule has 1 aliphatic rings. The van der Waals surface area contributed by atoms with Crippen molar-refractivity contribution in [1.29, 1.82) is 0 Å². The Morgan fingerprint density at radius 1 is 1.04 bits per heavy atom. The van der Waals surface area contributed by atoms with Gasteiger partial charge in [0.05, 0.1) is 13.0 Å². The van der Waals surface area contributed by atoms with Gasteiger partial charge in [-0.05, 0) is 22.9 Å². The summed E-state index contributed by atoms with van der Waals surface area (Å²) < 4.78 is 0. The van der Waals surface area contributed by atoms with Crippen LogP contribution in [-0.4, -0.2) is 54.2 Å². The molecule has 2 aromatic rings. The summed E-state index contributed by atoms with van der Waals surface area (Å²) in [5.41, 5.74) is 2.02. The second-order valence-corrected chi connectivity index (χ2v) is 8.15. The zero-order valence-electron chi connectivity index (χ0n) is 15.5. The minimum atomic E-state index is 0.152. The minimum Gasteiger partial charge on any atom is -0.340 e. The van der Waals surface area contributed by atoms with Gasteiger partial charge in [0.15, 0.2) is 5.78 Å². The molecule has 1 amide bonds. The molecule has 0 radical (unpaired) electrons. The Morgan fingerprint density at radius 2 is 1.73 bits per heavy atom. The Labute approximate surface area is 159 Å². The lowest BCUT2D eigenvalue weighted by molar-refractivity contribution is -0.132. The highest BCUT2D eigenvalue weighted by atomic mass is 32.1. The Hall–Kier alpha value is -1.98. The largest absolute Gasteiger partial charge is 0.340 e. The molecule has 1 aliphatic heterocycles. The third-order valence-corrected chi connectivity index (χ3v) is 5.77. The highest BCUT2D eigenvalue weighted by Crippen LogP contribution is 2.16. The predicted molar refractivity (Wildman–Crippen MR) is 106 cm³/mol. The molecule has 0 aliphatic carbocycles. The number of Topliss-reactive ketones (excluding diaryl/α,β-unsaturated/α-hetero) is 1. The van der Waals surface area contributed by atoms with E-state index in [-0.39, 0.29) is 11.7 Å². The van der Waals surface area contributed by atoms with E-state index in [9.17, 15) is 9.59 Å². The number of hydrogen-bond acceptors (Lipinski definition) is 4. The van der Waals surface area contributed by atoms with Crippen LogP contribution in [-0.2, 0) is 11.2 Å².